The molecule has 0 saturated carbocycles. The third kappa shape index (κ3) is 5.85. The lowest BCUT2D eigenvalue weighted by Gasteiger charge is -2.28. The van der Waals surface area contributed by atoms with Gasteiger partial charge >= 0.3 is 5.97 Å². The lowest BCUT2D eigenvalue weighted by atomic mass is 9.85. The zero-order valence-electron chi connectivity index (χ0n) is 14.3. The fraction of sp³-hybridized carbons (Fsp3) is 0.556. The Morgan fingerprint density at radius 2 is 2.08 bits per heavy atom. The van der Waals surface area contributed by atoms with Gasteiger partial charge in [0.2, 0.25) is 5.91 Å². The maximum absolute atomic E-state index is 12.2. The second-order valence-electron chi connectivity index (χ2n) is 6.23. The Balaban J connectivity index is 1.77. The first kappa shape index (κ1) is 18.3. The quantitative estimate of drug-likeness (QED) is 0.748. The summed E-state index contributed by atoms with van der Waals surface area (Å²) in [5.41, 5.74) is 0.722. The molecule has 0 radical (unpaired) electrons. The van der Waals surface area contributed by atoms with E-state index in [0.29, 0.717) is 24.0 Å². The molecule has 0 aromatic heterocycles. The summed E-state index contributed by atoms with van der Waals surface area (Å²) in [6, 6.07) is 6.95. The second-order valence-corrected chi connectivity index (χ2v) is 6.23. The van der Waals surface area contributed by atoms with E-state index in [-0.39, 0.29) is 12.5 Å². The van der Waals surface area contributed by atoms with Gasteiger partial charge in [0, 0.05) is 12.1 Å². The van der Waals surface area contributed by atoms with Crippen LogP contribution in [-0.4, -0.2) is 38.7 Å². The summed E-state index contributed by atoms with van der Waals surface area (Å²) in [5, 5.41) is 6.30. The number of carbonyl (C=O) groups excluding carboxylic acids is 2. The van der Waals surface area contributed by atoms with Crippen molar-refractivity contribution in [2.75, 3.05) is 32.1 Å². The van der Waals surface area contributed by atoms with Gasteiger partial charge in [-0.2, -0.15) is 0 Å². The molecule has 2 N–H and O–H groups in total. The van der Waals surface area contributed by atoms with Crippen LogP contribution in [0, 0.1) is 11.8 Å². The second kappa shape index (κ2) is 9.27. The predicted octanol–water partition coefficient (Wildman–Crippen LogP) is 2.20. The number of amides is 1. The van der Waals surface area contributed by atoms with E-state index in [1.165, 1.54) is 20.0 Å². The Morgan fingerprint density at radius 1 is 1.33 bits per heavy atom. The van der Waals surface area contributed by atoms with Gasteiger partial charge in [0.15, 0.2) is 6.61 Å². The van der Waals surface area contributed by atoms with Crippen LogP contribution in [0.25, 0.3) is 0 Å². The van der Waals surface area contributed by atoms with Crippen molar-refractivity contribution in [2.45, 2.75) is 26.2 Å². The molecule has 6 nitrogen and oxygen atoms in total. The van der Waals surface area contributed by atoms with E-state index in [4.69, 9.17) is 4.74 Å². The predicted molar refractivity (Wildman–Crippen MR) is 92.0 cm³/mol. The first-order chi connectivity index (χ1) is 11.6. The van der Waals surface area contributed by atoms with Gasteiger partial charge in [0.1, 0.15) is 5.75 Å². The summed E-state index contributed by atoms with van der Waals surface area (Å²) < 4.78 is 9.78. The normalized spacial score (nSPS) is 18.5. The van der Waals surface area contributed by atoms with Gasteiger partial charge < -0.3 is 20.1 Å². The van der Waals surface area contributed by atoms with Crippen molar-refractivity contribution in [1.29, 1.82) is 0 Å². The highest BCUT2D eigenvalue weighted by Gasteiger charge is 2.22. The van der Waals surface area contributed by atoms with E-state index in [0.717, 1.165) is 18.8 Å². The summed E-state index contributed by atoms with van der Waals surface area (Å²) in [6.07, 6.45) is 2.89. The number of nitrogens with one attached hydrogen (secondary N) is 2. The van der Waals surface area contributed by atoms with Gasteiger partial charge in [-0.25, -0.2) is 4.79 Å². The molecule has 1 heterocycles. The van der Waals surface area contributed by atoms with Gasteiger partial charge in [0.05, 0.1) is 7.11 Å². The van der Waals surface area contributed by atoms with E-state index in [2.05, 4.69) is 22.3 Å². The van der Waals surface area contributed by atoms with E-state index in [1.54, 1.807) is 24.3 Å². The summed E-state index contributed by atoms with van der Waals surface area (Å²) in [7, 11) is 1.31. The third-order valence-corrected chi connectivity index (χ3v) is 4.37. The zero-order valence-corrected chi connectivity index (χ0v) is 14.3. The van der Waals surface area contributed by atoms with Gasteiger partial charge in [-0.1, -0.05) is 6.92 Å². The molecule has 1 fully saturated rings. The van der Waals surface area contributed by atoms with Crippen molar-refractivity contribution in [3.63, 3.8) is 0 Å². The maximum atomic E-state index is 12.2. The molecule has 0 bridgehead atoms. The molecule has 6 heteroatoms. The molecule has 1 aliphatic rings. The smallest absolute Gasteiger partial charge is 0.343 e. The summed E-state index contributed by atoms with van der Waals surface area (Å²) >= 11 is 0. The minimum Gasteiger partial charge on any atom is -0.482 e. The van der Waals surface area contributed by atoms with Crippen LogP contribution in [0.2, 0.25) is 0 Å². The summed E-state index contributed by atoms with van der Waals surface area (Å²) in [5.74, 6) is 1.08. The molecule has 1 aromatic rings. The number of carbonyl (C=O) groups is 2. The van der Waals surface area contributed by atoms with Crippen molar-refractivity contribution >= 4 is 17.6 Å². The Labute approximate surface area is 142 Å². The average Bonchev–Trinajstić information content (AvgIpc) is 2.61. The minimum atomic E-state index is -0.432. The lowest BCUT2D eigenvalue weighted by molar-refractivity contribution is -0.142. The van der Waals surface area contributed by atoms with E-state index >= 15 is 0 Å². The molecule has 1 saturated heterocycles. The van der Waals surface area contributed by atoms with Crippen LogP contribution in [0.15, 0.2) is 24.3 Å². The van der Waals surface area contributed by atoms with Crippen molar-refractivity contribution in [3.05, 3.63) is 24.3 Å². The van der Waals surface area contributed by atoms with Gasteiger partial charge in [-0.3, -0.25) is 4.79 Å². The van der Waals surface area contributed by atoms with E-state index in [1.807, 2.05) is 0 Å². The Hall–Kier alpha value is -2.08. The van der Waals surface area contributed by atoms with Gasteiger partial charge in [-0.05, 0) is 62.0 Å². The summed E-state index contributed by atoms with van der Waals surface area (Å²) in [4.78, 5) is 23.2. The highest BCUT2D eigenvalue weighted by atomic mass is 16.6. The Bertz CT molecular complexity index is 538. The molecule has 2 rings (SSSR count). The molecule has 1 aliphatic heterocycles. The van der Waals surface area contributed by atoms with Crippen LogP contribution in [0.3, 0.4) is 0 Å². The van der Waals surface area contributed by atoms with E-state index < -0.39 is 5.97 Å². The molecule has 2 atom stereocenters. The standard InChI is InChI=1S/C18H26N2O4/c1-13(14-4-3-9-19-11-14)10-17(21)20-15-5-7-16(8-6-15)24-12-18(22)23-2/h5-8,13-14,19H,3-4,9-12H2,1-2H3,(H,20,21). The monoisotopic (exact) mass is 334 g/mol. The number of methoxy groups -OCH3 is 1. The van der Waals surface area contributed by atoms with Gasteiger partial charge in [0.25, 0.3) is 0 Å². The Kier molecular flexibility index (Phi) is 7.06. The Morgan fingerprint density at radius 3 is 2.71 bits per heavy atom. The van der Waals surface area contributed by atoms with Gasteiger partial charge in [-0.15, -0.1) is 0 Å². The number of benzene rings is 1. The number of rotatable bonds is 7. The topological polar surface area (TPSA) is 76.7 Å². The average molecular weight is 334 g/mol. The van der Waals surface area contributed by atoms with Crippen molar-refractivity contribution < 1.29 is 19.1 Å². The minimum absolute atomic E-state index is 0.0244. The van der Waals surface area contributed by atoms with Crippen LogP contribution in [0.4, 0.5) is 5.69 Å². The molecule has 1 amide bonds. The highest BCUT2D eigenvalue weighted by molar-refractivity contribution is 5.90. The first-order valence-electron chi connectivity index (χ1n) is 8.38. The van der Waals surface area contributed by atoms with Crippen molar-refractivity contribution in [3.8, 4) is 5.75 Å². The van der Waals surface area contributed by atoms with E-state index in [9.17, 15) is 9.59 Å². The number of anilines is 1. The van der Waals surface area contributed by atoms with Crippen LogP contribution in [0.1, 0.15) is 26.2 Å². The fourth-order valence-electron chi connectivity index (χ4n) is 2.87. The van der Waals surface area contributed by atoms with Crippen molar-refractivity contribution in [1.82, 2.24) is 5.32 Å². The molecule has 132 valence electrons. The van der Waals surface area contributed by atoms with Crippen LogP contribution in [0.5, 0.6) is 5.75 Å². The van der Waals surface area contributed by atoms with Crippen LogP contribution in [-0.2, 0) is 14.3 Å². The first-order valence-corrected chi connectivity index (χ1v) is 8.38. The number of hydrogen-bond donors (Lipinski definition) is 2. The molecular weight excluding hydrogens is 308 g/mol. The molecule has 1 aromatic carbocycles. The lowest BCUT2D eigenvalue weighted by Crippen LogP contribution is -2.34. The number of ether oxygens (including phenoxy) is 2. The number of piperidine rings is 1. The number of hydrogen-bond acceptors (Lipinski definition) is 5. The van der Waals surface area contributed by atoms with Crippen LogP contribution < -0.4 is 15.4 Å². The third-order valence-electron chi connectivity index (χ3n) is 4.37. The fourth-order valence-corrected chi connectivity index (χ4v) is 2.87. The van der Waals surface area contributed by atoms with Crippen LogP contribution >= 0.6 is 0 Å². The number of esters is 1. The SMILES string of the molecule is COC(=O)COc1ccc(NC(=O)CC(C)C2CCCNC2)cc1. The molecular formula is C18H26N2O4. The molecule has 0 spiro atoms. The molecule has 24 heavy (non-hydrogen) atoms. The zero-order chi connectivity index (χ0) is 17.4. The maximum Gasteiger partial charge on any atom is 0.343 e. The largest absolute Gasteiger partial charge is 0.482 e. The molecule has 0 aliphatic carbocycles. The highest BCUT2D eigenvalue weighted by Crippen LogP contribution is 2.23. The van der Waals surface area contributed by atoms with Crippen molar-refractivity contribution in [2.24, 2.45) is 11.8 Å². The molecule has 2 unspecified atom stereocenters. The summed E-state index contributed by atoms with van der Waals surface area (Å²) in [6.45, 7) is 4.09.